The molecule has 72 valence electrons. The van der Waals surface area contributed by atoms with Gasteiger partial charge in [-0.1, -0.05) is 13.8 Å². The van der Waals surface area contributed by atoms with Crippen LogP contribution in [-0.4, -0.2) is 28.7 Å². The Morgan fingerprint density at radius 2 is 2.08 bits per heavy atom. The number of aliphatic hydroxyl groups is 1. The molecule has 0 aromatic heterocycles. The van der Waals surface area contributed by atoms with Crippen molar-refractivity contribution in [3.63, 3.8) is 0 Å². The third-order valence-electron chi connectivity index (χ3n) is 2.30. The second kappa shape index (κ2) is 4.45. The predicted octanol–water partition coefficient (Wildman–Crippen LogP) is 1.51. The van der Waals surface area contributed by atoms with Crippen molar-refractivity contribution in [1.29, 1.82) is 0 Å². The van der Waals surface area contributed by atoms with Crippen LogP contribution in [0.25, 0.3) is 0 Å². The molecule has 0 heterocycles. The summed E-state index contributed by atoms with van der Waals surface area (Å²) >= 11 is 5.93. The summed E-state index contributed by atoms with van der Waals surface area (Å²) in [6, 6.07) is 0.691. The molecule has 3 heteroatoms. The van der Waals surface area contributed by atoms with Gasteiger partial charge < -0.3 is 10.4 Å². The highest BCUT2D eigenvalue weighted by Crippen LogP contribution is 2.23. The fraction of sp³-hybridized carbons (Fsp3) is 1.00. The number of aliphatic hydroxyl groups excluding tert-OH is 1. The average Bonchev–Trinajstić information content (AvgIpc) is 1.94. The van der Waals surface area contributed by atoms with Gasteiger partial charge in [-0.15, -0.1) is 11.6 Å². The van der Waals surface area contributed by atoms with Crippen molar-refractivity contribution in [3.8, 4) is 0 Å². The van der Waals surface area contributed by atoms with Crippen LogP contribution in [0.15, 0.2) is 0 Å². The Bertz CT molecular complexity index is 140. The third kappa shape index (κ3) is 2.92. The molecule has 0 amide bonds. The van der Waals surface area contributed by atoms with E-state index in [0.29, 0.717) is 6.04 Å². The highest BCUT2D eigenvalue weighted by molar-refractivity contribution is 6.20. The van der Waals surface area contributed by atoms with Gasteiger partial charge in [0.15, 0.2) is 0 Å². The zero-order chi connectivity index (χ0) is 9.14. The molecule has 0 bridgehead atoms. The van der Waals surface area contributed by atoms with Gasteiger partial charge in [-0.25, -0.2) is 0 Å². The lowest BCUT2D eigenvalue weighted by molar-refractivity contribution is 0.0887. The first kappa shape index (κ1) is 10.3. The fourth-order valence-corrected chi connectivity index (χ4v) is 2.03. The topological polar surface area (TPSA) is 32.3 Å². The Hall–Kier alpha value is 0.210. The van der Waals surface area contributed by atoms with E-state index in [4.69, 9.17) is 11.6 Å². The molecule has 1 unspecified atom stereocenters. The summed E-state index contributed by atoms with van der Waals surface area (Å²) in [5, 5.41) is 13.2. The average molecular weight is 192 g/mol. The molecule has 1 aliphatic rings. The first-order valence-corrected chi connectivity index (χ1v) is 5.11. The van der Waals surface area contributed by atoms with Crippen LogP contribution >= 0.6 is 11.6 Å². The number of alkyl halides is 1. The van der Waals surface area contributed by atoms with Crippen LogP contribution in [0.1, 0.15) is 33.1 Å². The van der Waals surface area contributed by atoms with Crippen LogP contribution in [-0.2, 0) is 0 Å². The molecule has 1 fully saturated rings. The number of nitrogens with one attached hydrogen (secondary N) is 1. The van der Waals surface area contributed by atoms with Gasteiger partial charge >= 0.3 is 0 Å². The predicted molar refractivity (Wildman–Crippen MR) is 51.6 cm³/mol. The highest BCUT2D eigenvalue weighted by atomic mass is 35.5. The van der Waals surface area contributed by atoms with E-state index in [-0.39, 0.29) is 17.5 Å². The molecule has 2 N–H and O–H groups in total. The van der Waals surface area contributed by atoms with Crippen molar-refractivity contribution < 1.29 is 5.11 Å². The Balaban J connectivity index is 2.34. The van der Waals surface area contributed by atoms with E-state index in [2.05, 4.69) is 19.2 Å². The lowest BCUT2D eigenvalue weighted by atomic mass is 9.92. The first-order chi connectivity index (χ1) is 5.59. The molecular weight excluding hydrogens is 174 g/mol. The zero-order valence-electron chi connectivity index (χ0n) is 7.76. The van der Waals surface area contributed by atoms with Crippen molar-refractivity contribution in [2.24, 2.45) is 0 Å². The van der Waals surface area contributed by atoms with Crippen LogP contribution in [0.3, 0.4) is 0 Å². The monoisotopic (exact) mass is 191 g/mol. The lowest BCUT2D eigenvalue weighted by Gasteiger charge is -2.32. The minimum atomic E-state index is -0.261. The van der Waals surface area contributed by atoms with Crippen molar-refractivity contribution in [3.05, 3.63) is 0 Å². The maximum atomic E-state index is 9.64. The standard InChI is InChI=1S/C9H18ClNO/c1-6(2)11-8-4-3-7(10)5-9(8)12/h6-9,11-12H,3-5H2,1-2H3/t7?,8-,9-/m1/s1. The Morgan fingerprint density at radius 3 is 2.58 bits per heavy atom. The highest BCUT2D eigenvalue weighted by Gasteiger charge is 2.27. The summed E-state index contributed by atoms with van der Waals surface area (Å²) in [6.45, 7) is 4.19. The molecule has 0 spiro atoms. The van der Waals surface area contributed by atoms with Crippen molar-refractivity contribution in [1.82, 2.24) is 5.32 Å². The van der Waals surface area contributed by atoms with Crippen LogP contribution < -0.4 is 5.32 Å². The van der Waals surface area contributed by atoms with E-state index in [1.54, 1.807) is 0 Å². The molecule has 0 aliphatic heterocycles. The molecule has 1 rings (SSSR count). The molecular formula is C9H18ClNO. The van der Waals surface area contributed by atoms with Gasteiger partial charge in [0.1, 0.15) is 0 Å². The van der Waals surface area contributed by atoms with Crippen molar-refractivity contribution in [2.75, 3.05) is 0 Å². The molecule has 0 aromatic rings. The molecule has 1 saturated carbocycles. The summed E-state index contributed by atoms with van der Waals surface area (Å²) in [6.07, 6.45) is 2.48. The third-order valence-corrected chi connectivity index (χ3v) is 2.70. The van der Waals surface area contributed by atoms with Crippen LogP contribution in [0.2, 0.25) is 0 Å². The lowest BCUT2D eigenvalue weighted by Crippen LogP contribution is -2.47. The van der Waals surface area contributed by atoms with Crippen LogP contribution in [0.5, 0.6) is 0 Å². The summed E-state index contributed by atoms with van der Waals surface area (Å²) in [7, 11) is 0. The van der Waals surface area contributed by atoms with Crippen molar-refractivity contribution >= 4 is 11.6 Å². The smallest absolute Gasteiger partial charge is 0.0707 e. The Labute approximate surface area is 79.3 Å². The number of rotatable bonds is 2. The largest absolute Gasteiger partial charge is 0.391 e. The maximum Gasteiger partial charge on any atom is 0.0707 e. The number of halogens is 1. The first-order valence-electron chi connectivity index (χ1n) is 4.67. The van der Waals surface area contributed by atoms with E-state index in [0.717, 1.165) is 19.3 Å². The van der Waals surface area contributed by atoms with Gasteiger partial charge in [-0.05, 0) is 19.3 Å². The van der Waals surface area contributed by atoms with Gasteiger partial charge in [0.05, 0.1) is 6.10 Å². The van der Waals surface area contributed by atoms with E-state index in [1.165, 1.54) is 0 Å². The SMILES string of the molecule is CC(C)N[C@@H]1CCC(Cl)C[C@H]1O. The fourth-order valence-electron chi connectivity index (χ4n) is 1.72. The van der Waals surface area contributed by atoms with Gasteiger partial charge in [-0.3, -0.25) is 0 Å². The summed E-state index contributed by atoms with van der Waals surface area (Å²) < 4.78 is 0. The molecule has 12 heavy (non-hydrogen) atoms. The number of hydrogen-bond acceptors (Lipinski definition) is 2. The summed E-state index contributed by atoms with van der Waals surface area (Å²) in [5.41, 5.74) is 0. The Kier molecular flexibility index (Phi) is 3.81. The van der Waals surface area contributed by atoms with Gasteiger partial charge in [0.2, 0.25) is 0 Å². The van der Waals surface area contributed by atoms with Gasteiger partial charge in [0, 0.05) is 17.5 Å². The van der Waals surface area contributed by atoms with Gasteiger partial charge in [-0.2, -0.15) is 0 Å². The van der Waals surface area contributed by atoms with Crippen LogP contribution in [0, 0.1) is 0 Å². The molecule has 0 saturated heterocycles. The second-order valence-electron chi connectivity index (χ2n) is 3.91. The summed E-state index contributed by atoms with van der Waals surface area (Å²) in [5.74, 6) is 0. The normalized spacial score (nSPS) is 37.2. The maximum absolute atomic E-state index is 9.64. The van der Waals surface area contributed by atoms with Gasteiger partial charge in [0.25, 0.3) is 0 Å². The van der Waals surface area contributed by atoms with E-state index < -0.39 is 0 Å². The quantitative estimate of drug-likeness (QED) is 0.649. The molecule has 0 aromatic carbocycles. The molecule has 3 atom stereocenters. The molecule has 0 radical (unpaired) electrons. The van der Waals surface area contributed by atoms with Crippen LogP contribution in [0.4, 0.5) is 0 Å². The minimum Gasteiger partial charge on any atom is -0.391 e. The van der Waals surface area contributed by atoms with Crippen molar-refractivity contribution in [2.45, 2.75) is 56.7 Å². The van der Waals surface area contributed by atoms with E-state index >= 15 is 0 Å². The molecule has 2 nitrogen and oxygen atoms in total. The summed E-state index contributed by atoms with van der Waals surface area (Å²) in [4.78, 5) is 0. The second-order valence-corrected chi connectivity index (χ2v) is 4.52. The Morgan fingerprint density at radius 1 is 1.42 bits per heavy atom. The molecule has 1 aliphatic carbocycles. The van der Waals surface area contributed by atoms with E-state index in [1.807, 2.05) is 0 Å². The number of hydrogen-bond donors (Lipinski definition) is 2. The zero-order valence-corrected chi connectivity index (χ0v) is 8.51. The minimum absolute atomic E-state index is 0.171. The van der Waals surface area contributed by atoms with E-state index in [9.17, 15) is 5.11 Å².